The molecule has 0 saturated heterocycles. The minimum Gasteiger partial charge on any atom is -0.311 e. The second-order valence-electron chi connectivity index (χ2n) is 25.4. The molecule has 0 fully saturated rings. The molecule has 2 aliphatic heterocycles. The number of fused-ring (bicyclic) bond motifs is 7. The van der Waals surface area contributed by atoms with E-state index in [0.29, 0.717) is 0 Å². The Hall–Kier alpha value is -11.8. The van der Waals surface area contributed by atoms with Crippen molar-refractivity contribution in [3.8, 4) is 27.9 Å². The number of rotatable bonds is 13. The number of hydrogen-bond acceptors (Lipinski definition) is 2. The van der Waals surface area contributed by atoms with Crippen LogP contribution in [0.5, 0.6) is 0 Å². The maximum atomic E-state index is 2.66. The van der Waals surface area contributed by atoms with E-state index in [1.54, 1.807) is 0 Å². The number of aromatic nitrogens is 1. The molecular formula is C90H64BN3Si2. The highest BCUT2D eigenvalue weighted by molar-refractivity contribution is 7.20. The lowest BCUT2D eigenvalue weighted by molar-refractivity contribution is 1.16. The Morgan fingerprint density at radius 3 is 0.938 bits per heavy atom. The minimum absolute atomic E-state index is 0.213. The molecule has 0 atom stereocenters. The molecule has 3 nitrogen and oxygen atoms in total. The zero-order valence-corrected chi connectivity index (χ0v) is 54.9. The summed E-state index contributed by atoms with van der Waals surface area (Å²) in [6.45, 7) is -0.213. The van der Waals surface area contributed by atoms with E-state index < -0.39 is 16.1 Å². The van der Waals surface area contributed by atoms with Gasteiger partial charge in [0, 0.05) is 44.9 Å². The van der Waals surface area contributed by atoms with Crippen molar-refractivity contribution in [2.45, 2.75) is 0 Å². The quantitative estimate of drug-likeness (QED) is 0.0842. The molecule has 3 heterocycles. The first-order valence-corrected chi connectivity index (χ1v) is 37.3. The first-order valence-electron chi connectivity index (χ1n) is 33.3. The third-order valence-corrected chi connectivity index (χ3v) is 30.0. The van der Waals surface area contributed by atoms with Gasteiger partial charge in [0.25, 0.3) is 6.71 Å². The van der Waals surface area contributed by atoms with Crippen molar-refractivity contribution in [1.82, 2.24) is 4.57 Å². The SMILES string of the molecule is c1ccc(-c2ccc(N3c4ccc(-c5ccccc5)cc4B4c5cc([Si](c6ccccc6)(c6ccccc6)c6ccccc6)ccc5N(c5ccc([Si](c6ccccc6)(c6ccccc6)c6ccccc6)cc5)c5cc(-n6c7ccccc7c7ccccc76)cc3c54)cc2)cc1. The summed E-state index contributed by atoms with van der Waals surface area (Å²) in [4.78, 5) is 5.21. The van der Waals surface area contributed by atoms with Crippen LogP contribution < -0.4 is 67.7 Å². The summed E-state index contributed by atoms with van der Waals surface area (Å²) in [5.41, 5.74) is 18.7. The summed E-state index contributed by atoms with van der Waals surface area (Å²) >= 11 is 0. The van der Waals surface area contributed by atoms with Gasteiger partial charge in [0.05, 0.1) is 16.7 Å². The molecule has 96 heavy (non-hydrogen) atoms. The zero-order chi connectivity index (χ0) is 63.6. The highest BCUT2D eigenvalue weighted by Gasteiger charge is 2.48. The van der Waals surface area contributed by atoms with E-state index >= 15 is 0 Å². The Labute approximate surface area is 563 Å². The van der Waals surface area contributed by atoms with E-state index in [0.717, 1.165) is 50.8 Å². The average molecular weight is 1250 g/mol. The largest absolute Gasteiger partial charge is 0.311 e. The molecule has 0 saturated carbocycles. The van der Waals surface area contributed by atoms with Crippen molar-refractivity contribution < 1.29 is 0 Å². The van der Waals surface area contributed by atoms with Gasteiger partial charge in [0.2, 0.25) is 0 Å². The molecular weight excluding hydrogens is 1190 g/mol. The fourth-order valence-electron chi connectivity index (χ4n) is 16.3. The Balaban J connectivity index is 0.968. The fourth-order valence-corrected chi connectivity index (χ4v) is 25.9. The normalized spacial score (nSPS) is 12.5. The molecule has 1 aromatic heterocycles. The number of benzene rings is 15. The monoisotopic (exact) mass is 1250 g/mol. The Kier molecular flexibility index (Phi) is 14.0. The summed E-state index contributed by atoms with van der Waals surface area (Å²) in [5, 5.41) is 13.1. The standard InChI is InChI=1S/C90H64BN3Si2/c1-9-29-65(30-10-1)67-49-52-69(53-50-67)92-86-59-51-68(66-31-11-2-12-32-66)61-82(86)91-83-64-79(96(75-39-19-6-20-40-75,76-41-21-7-22-42-76)77-43-23-8-24-44-77)58-60-87(83)93(89-63-71(62-88(92)90(89)91)94-84-47-27-25-45-80(84)81-46-26-28-48-85(81)94)70-54-56-78(57-55-70)95(72-33-13-3-14-34-72,73-35-15-4-16-36-73)74-37-17-5-18-38-74/h1-64H. The Bertz CT molecular complexity index is 5260. The van der Waals surface area contributed by atoms with Gasteiger partial charge in [-0.3, -0.25) is 0 Å². The molecule has 18 rings (SSSR count). The number of nitrogens with zero attached hydrogens (tertiary/aromatic N) is 3. The molecule has 0 aliphatic carbocycles. The minimum atomic E-state index is -3.10. The van der Waals surface area contributed by atoms with Gasteiger partial charge in [0.15, 0.2) is 16.1 Å². The molecule has 0 spiro atoms. The van der Waals surface area contributed by atoms with Gasteiger partial charge in [-0.15, -0.1) is 0 Å². The summed E-state index contributed by atoms with van der Waals surface area (Å²) in [6, 6.07) is 147. The lowest BCUT2D eigenvalue weighted by Crippen LogP contribution is -2.75. The van der Waals surface area contributed by atoms with E-state index in [2.05, 4.69) is 403 Å². The predicted molar refractivity (Wildman–Crippen MR) is 413 cm³/mol. The summed E-state index contributed by atoms with van der Waals surface area (Å²) < 4.78 is 2.51. The van der Waals surface area contributed by atoms with Crippen molar-refractivity contribution in [3.05, 3.63) is 388 Å². The second kappa shape index (κ2) is 23.6. The van der Waals surface area contributed by atoms with Crippen LogP contribution in [-0.2, 0) is 0 Å². The molecule has 0 bridgehead atoms. The summed E-state index contributed by atoms with van der Waals surface area (Å²) in [6.07, 6.45) is 0. The first-order chi connectivity index (χ1) is 47.6. The van der Waals surface area contributed by atoms with Crippen molar-refractivity contribution in [2.75, 3.05) is 9.80 Å². The van der Waals surface area contributed by atoms with E-state index in [1.807, 2.05) is 0 Å². The van der Waals surface area contributed by atoms with Gasteiger partial charge in [-0.1, -0.05) is 328 Å². The molecule has 6 heteroatoms. The van der Waals surface area contributed by atoms with E-state index in [9.17, 15) is 0 Å². The lowest BCUT2D eigenvalue weighted by Gasteiger charge is -2.45. The lowest BCUT2D eigenvalue weighted by atomic mass is 9.33. The molecule has 0 N–H and O–H groups in total. The van der Waals surface area contributed by atoms with Crippen LogP contribution in [0.3, 0.4) is 0 Å². The molecule has 450 valence electrons. The van der Waals surface area contributed by atoms with Crippen LogP contribution >= 0.6 is 0 Å². The van der Waals surface area contributed by atoms with Crippen molar-refractivity contribution in [2.24, 2.45) is 0 Å². The summed E-state index contributed by atoms with van der Waals surface area (Å²) in [5.74, 6) is 0. The van der Waals surface area contributed by atoms with Crippen LogP contribution in [0.1, 0.15) is 0 Å². The van der Waals surface area contributed by atoms with Crippen molar-refractivity contribution in [3.63, 3.8) is 0 Å². The molecule has 0 radical (unpaired) electrons. The van der Waals surface area contributed by atoms with Crippen molar-refractivity contribution in [1.29, 1.82) is 0 Å². The highest BCUT2D eigenvalue weighted by Crippen LogP contribution is 2.47. The zero-order valence-electron chi connectivity index (χ0n) is 52.9. The second-order valence-corrected chi connectivity index (χ2v) is 33.1. The Morgan fingerprint density at radius 2 is 0.510 bits per heavy atom. The fraction of sp³-hybridized carbons (Fsp3) is 0. The van der Waals surface area contributed by atoms with Gasteiger partial charge >= 0.3 is 0 Å². The van der Waals surface area contributed by atoms with Crippen molar-refractivity contribution >= 4 is 137 Å². The van der Waals surface area contributed by atoms with E-state index in [4.69, 9.17) is 0 Å². The van der Waals surface area contributed by atoms with Crippen LogP contribution in [0.2, 0.25) is 0 Å². The van der Waals surface area contributed by atoms with Crippen LogP contribution in [0.15, 0.2) is 388 Å². The molecule has 16 aromatic rings. The van der Waals surface area contributed by atoms with Gasteiger partial charge in [-0.05, 0) is 141 Å². The third-order valence-electron chi connectivity index (χ3n) is 20.5. The van der Waals surface area contributed by atoms with E-state index in [1.165, 1.54) is 90.9 Å². The highest BCUT2D eigenvalue weighted by atomic mass is 28.3. The third kappa shape index (κ3) is 9.09. The first kappa shape index (κ1) is 56.9. The summed E-state index contributed by atoms with van der Waals surface area (Å²) in [7, 11) is -6.02. The number of para-hydroxylation sites is 2. The van der Waals surface area contributed by atoms with E-state index in [-0.39, 0.29) is 6.71 Å². The smallest absolute Gasteiger partial charge is 0.252 e. The molecule has 0 unspecified atom stereocenters. The predicted octanol–water partition coefficient (Wildman–Crippen LogP) is 15.0. The molecule has 15 aromatic carbocycles. The van der Waals surface area contributed by atoms with Gasteiger partial charge in [-0.25, -0.2) is 0 Å². The van der Waals surface area contributed by atoms with Crippen LogP contribution in [0.4, 0.5) is 34.1 Å². The molecule has 2 aliphatic rings. The Morgan fingerprint density at radius 1 is 0.208 bits per heavy atom. The van der Waals surface area contributed by atoms with Gasteiger partial charge in [-0.2, -0.15) is 0 Å². The molecule has 0 amide bonds. The van der Waals surface area contributed by atoms with Crippen LogP contribution in [-0.4, -0.2) is 27.4 Å². The average Bonchev–Trinajstić information content (AvgIpc) is 0.856. The topological polar surface area (TPSA) is 11.4 Å². The number of anilines is 6. The van der Waals surface area contributed by atoms with Gasteiger partial charge in [0.1, 0.15) is 0 Å². The maximum absolute atomic E-state index is 3.10. The number of hydrogen-bond donors (Lipinski definition) is 0. The van der Waals surface area contributed by atoms with Crippen LogP contribution in [0, 0.1) is 0 Å². The van der Waals surface area contributed by atoms with Gasteiger partial charge < -0.3 is 14.4 Å². The van der Waals surface area contributed by atoms with Crippen LogP contribution in [0.25, 0.3) is 49.7 Å². The maximum Gasteiger partial charge on any atom is 0.252 e.